The van der Waals surface area contributed by atoms with Crippen LogP contribution in [0.25, 0.3) is 0 Å². The summed E-state index contributed by atoms with van der Waals surface area (Å²) < 4.78 is 0. The number of likely N-dealkylation sites (N-methyl/N-ethyl adjacent to an activating group) is 1. The summed E-state index contributed by atoms with van der Waals surface area (Å²) in [6, 6.07) is -0.217. The van der Waals surface area contributed by atoms with Crippen molar-refractivity contribution >= 4 is 18.7 Å². The summed E-state index contributed by atoms with van der Waals surface area (Å²) in [5, 5.41) is 0. The molecule has 0 unspecified atom stereocenters. The summed E-state index contributed by atoms with van der Waals surface area (Å²) in [4.78, 5) is 22.2. The lowest BCUT2D eigenvalue weighted by Crippen LogP contribution is -2.44. The van der Waals surface area contributed by atoms with Gasteiger partial charge < -0.3 is 4.90 Å². The maximum Gasteiger partial charge on any atom is 0.152 e. The van der Waals surface area contributed by atoms with Gasteiger partial charge in [0.2, 0.25) is 0 Å². The van der Waals surface area contributed by atoms with Crippen LogP contribution in [0.3, 0.4) is 0 Å². The van der Waals surface area contributed by atoms with Crippen LogP contribution >= 0.6 is 0 Å². The van der Waals surface area contributed by atoms with E-state index in [1.165, 1.54) is 5.57 Å². The van der Waals surface area contributed by atoms with Gasteiger partial charge in [0, 0.05) is 32.1 Å². The molecule has 0 rings (SSSR count). The molecule has 0 N–H and O–H groups in total. The molecule has 124 valence electrons. The molecule has 0 saturated heterocycles. The van der Waals surface area contributed by atoms with Crippen molar-refractivity contribution in [3.63, 3.8) is 0 Å². The maximum atomic E-state index is 12.0. The first-order valence-electron chi connectivity index (χ1n) is 7.63. The van der Waals surface area contributed by atoms with Crippen molar-refractivity contribution in [2.45, 2.75) is 54.0 Å². The van der Waals surface area contributed by atoms with Gasteiger partial charge in [-0.3, -0.25) is 14.8 Å². The zero-order valence-electron chi connectivity index (χ0n) is 15.4. The number of rotatable bonds is 7. The van der Waals surface area contributed by atoms with Gasteiger partial charge in [0.15, 0.2) is 5.78 Å². The topological polar surface area (TPSA) is 45.0 Å². The number of ketones is 1. The molecule has 0 heterocycles. The van der Waals surface area contributed by atoms with Crippen LogP contribution in [0.15, 0.2) is 33.0 Å². The lowest BCUT2D eigenvalue weighted by molar-refractivity contribution is -0.124. The Morgan fingerprint density at radius 1 is 1.32 bits per heavy atom. The molecule has 0 aromatic carbocycles. The number of hydrogen-bond donors (Lipinski definition) is 0. The number of hydrogen-bond acceptors (Lipinski definition) is 4. The molecule has 22 heavy (non-hydrogen) atoms. The number of carbonyl (C=O) groups excluding carboxylic acids is 1. The van der Waals surface area contributed by atoms with E-state index in [2.05, 4.69) is 51.3 Å². The molecule has 0 spiro atoms. The number of aliphatic imine (C=N–C) groups is 2. The molecule has 4 heteroatoms. The van der Waals surface area contributed by atoms with Crippen molar-refractivity contribution in [2.24, 2.45) is 15.4 Å². The number of allylic oxidation sites excluding steroid dienone is 2. The van der Waals surface area contributed by atoms with E-state index in [9.17, 15) is 4.79 Å². The van der Waals surface area contributed by atoms with Gasteiger partial charge in [0.25, 0.3) is 0 Å². The first-order valence-corrected chi connectivity index (χ1v) is 7.63. The molecule has 0 amide bonds. The van der Waals surface area contributed by atoms with Crippen molar-refractivity contribution in [1.82, 2.24) is 4.90 Å². The SMILES string of the molecule is C=NC(=C\N(C)[C@H](C(C)=O)C(C)(C)C)/C(C=NC)=C(/C)CC. The Kier molecular flexibility index (Phi) is 7.99. The highest BCUT2D eigenvalue weighted by Crippen LogP contribution is 2.26. The Balaban J connectivity index is 5.87. The van der Waals surface area contributed by atoms with Gasteiger partial charge >= 0.3 is 0 Å². The van der Waals surface area contributed by atoms with Crippen molar-refractivity contribution in [1.29, 1.82) is 0 Å². The van der Waals surface area contributed by atoms with Gasteiger partial charge in [0.1, 0.15) is 0 Å². The quantitative estimate of drug-likeness (QED) is 0.529. The molecule has 0 aliphatic carbocycles. The van der Waals surface area contributed by atoms with Crippen LogP contribution in [0.2, 0.25) is 0 Å². The molecule has 1 atom stereocenters. The third-order valence-corrected chi connectivity index (χ3v) is 3.63. The molecule has 0 aliphatic rings. The molecular weight excluding hydrogens is 274 g/mol. The Hall–Kier alpha value is -1.71. The molecule has 0 aromatic heterocycles. The standard InChI is InChI=1S/C18H31N3O/c1-10-13(2)15(11-19-7)16(20-8)12-21(9)17(14(3)22)18(4,5)6/h11-12,17H,8,10H2,1-7,9H3/b15-13-,16-12-,19-11?/t17-/m1/s1. The predicted octanol–water partition coefficient (Wildman–Crippen LogP) is 3.89. The molecule has 0 aliphatic heterocycles. The second kappa shape index (κ2) is 8.66. The number of nitrogens with zero attached hydrogens (tertiary/aromatic N) is 3. The minimum absolute atomic E-state index is 0.136. The lowest BCUT2D eigenvalue weighted by Gasteiger charge is -2.35. The molecule has 0 bridgehead atoms. The minimum atomic E-state index is -0.217. The largest absolute Gasteiger partial charge is 0.368 e. The number of carbonyl (C=O) groups is 1. The predicted molar refractivity (Wildman–Crippen MR) is 96.7 cm³/mol. The minimum Gasteiger partial charge on any atom is -0.368 e. The third-order valence-electron chi connectivity index (χ3n) is 3.63. The van der Waals surface area contributed by atoms with E-state index >= 15 is 0 Å². The third kappa shape index (κ3) is 5.58. The van der Waals surface area contributed by atoms with Crippen molar-refractivity contribution < 1.29 is 4.79 Å². The Morgan fingerprint density at radius 2 is 1.86 bits per heavy atom. The normalized spacial score (nSPS) is 15.5. The second-order valence-corrected chi connectivity index (χ2v) is 6.65. The highest BCUT2D eigenvalue weighted by Gasteiger charge is 2.31. The van der Waals surface area contributed by atoms with Gasteiger partial charge in [-0.2, -0.15) is 0 Å². The Bertz CT molecular complexity index is 493. The fraction of sp³-hybridized carbons (Fsp3) is 0.611. The average Bonchev–Trinajstić information content (AvgIpc) is 2.39. The molecule has 0 aromatic rings. The van der Waals surface area contributed by atoms with Crippen molar-refractivity contribution in [3.05, 3.63) is 23.0 Å². The highest BCUT2D eigenvalue weighted by atomic mass is 16.1. The Labute approximate surface area is 135 Å². The lowest BCUT2D eigenvalue weighted by atomic mass is 9.83. The van der Waals surface area contributed by atoms with Gasteiger partial charge in [-0.25, -0.2) is 0 Å². The fourth-order valence-electron chi connectivity index (χ4n) is 2.68. The van der Waals surface area contributed by atoms with E-state index in [-0.39, 0.29) is 17.2 Å². The molecular formula is C18H31N3O. The average molecular weight is 305 g/mol. The summed E-state index contributed by atoms with van der Waals surface area (Å²) in [6.45, 7) is 15.6. The zero-order chi connectivity index (χ0) is 17.5. The zero-order valence-corrected chi connectivity index (χ0v) is 15.4. The van der Waals surface area contributed by atoms with Crippen LogP contribution in [0.5, 0.6) is 0 Å². The molecule has 0 radical (unpaired) electrons. The van der Waals surface area contributed by atoms with Crippen molar-refractivity contribution in [3.8, 4) is 0 Å². The summed E-state index contributed by atoms with van der Waals surface area (Å²) in [5.74, 6) is 0.136. The van der Waals surface area contributed by atoms with Crippen LogP contribution < -0.4 is 0 Å². The van der Waals surface area contributed by atoms with Crippen LogP contribution in [-0.4, -0.2) is 43.8 Å². The van der Waals surface area contributed by atoms with E-state index in [1.807, 2.05) is 18.1 Å². The van der Waals surface area contributed by atoms with Gasteiger partial charge in [0.05, 0.1) is 11.7 Å². The molecule has 0 fully saturated rings. The summed E-state index contributed by atoms with van der Waals surface area (Å²) in [7, 11) is 3.64. The van der Waals surface area contributed by atoms with Crippen molar-refractivity contribution in [2.75, 3.05) is 14.1 Å². The monoisotopic (exact) mass is 305 g/mol. The van der Waals surface area contributed by atoms with E-state index in [1.54, 1.807) is 20.2 Å². The maximum absolute atomic E-state index is 12.0. The van der Waals surface area contributed by atoms with Gasteiger partial charge in [-0.05, 0) is 32.4 Å². The summed E-state index contributed by atoms with van der Waals surface area (Å²) >= 11 is 0. The van der Waals surface area contributed by atoms with Crippen LogP contribution in [-0.2, 0) is 4.79 Å². The first-order chi connectivity index (χ1) is 10.1. The van der Waals surface area contributed by atoms with Crippen LogP contribution in [0, 0.1) is 5.41 Å². The summed E-state index contributed by atoms with van der Waals surface area (Å²) in [5.41, 5.74) is 2.73. The smallest absolute Gasteiger partial charge is 0.152 e. The van der Waals surface area contributed by atoms with Crippen LogP contribution in [0.4, 0.5) is 0 Å². The first kappa shape index (κ1) is 20.3. The van der Waals surface area contributed by atoms with Gasteiger partial charge in [-0.1, -0.05) is 33.3 Å². The second-order valence-electron chi connectivity index (χ2n) is 6.65. The number of Topliss-reactive ketones (excluding diaryl/α,β-unsaturated/α-hetero) is 1. The Morgan fingerprint density at radius 3 is 2.18 bits per heavy atom. The van der Waals surface area contributed by atoms with Gasteiger partial charge in [-0.15, -0.1) is 0 Å². The van der Waals surface area contributed by atoms with E-state index in [0.717, 1.165) is 17.7 Å². The van der Waals surface area contributed by atoms with E-state index < -0.39 is 0 Å². The highest BCUT2D eigenvalue weighted by molar-refractivity contribution is 5.86. The molecule has 4 nitrogen and oxygen atoms in total. The fourth-order valence-corrected chi connectivity index (χ4v) is 2.68. The van der Waals surface area contributed by atoms with E-state index in [0.29, 0.717) is 0 Å². The van der Waals surface area contributed by atoms with E-state index in [4.69, 9.17) is 0 Å². The van der Waals surface area contributed by atoms with Crippen LogP contribution in [0.1, 0.15) is 48.0 Å². The summed E-state index contributed by atoms with van der Waals surface area (Å²) in [6.07, 6.45) is 4.60. The molecule has 0 saturated carbocycles.